The molecule has 0 amide bonds. The number of halogens is 3. The predicted molar refractivity (Wildman–Crippen MR) is 124 cm³/mol. The van der Waals surface area contributed by atoms with Gasteiger partial charge in [0.25, 0.3) is 0 Å². The lowest BCUT2D eigenvalue weighted by atomic mass is 9.72. The van der Waals surface area contributed by atoms with Crippen LogP contribution in [0.4, 0.5) is 13.2 Å². The van der Waals surface area contributed by atoms with Gasteiger partial charge in [0.15, 0.2) is 0 Å². The van der Waals surface area contributed by atoms with E-state index >= 15 is 0 Å². The van der Waals surface area contributed by atoms with E-state index in [0.717, 1.165) is 31.7 Å². The Bertz CT molecular complexity index is 1040. The van der Waals surface area contributed by atoms with Crippen molar-refractivity contribution in [1.82, 2.24) is 9.88 Å². The minimum Gasteiger partial charge on any atom is -0.490 e. The van der Waals surface area contributed by atoms with Gasteiger partial charge in [-0.25, -0.2) is 0 Å². The van der Waals surface area contributed by atoms with Crippen LogP contribution in [0.25, 0.3) is 10.9 Å². The molecular weight excluding hydrogens is 445 g/mol. The number of nitrogens with zero attached hydrogens (tertiary/aromatic N) is 2. The first-order valence-electron chi connectivity index (χ1n) is 12.0. The highest BCUT2D eigenvalue weighted by atomic mass is 19.4. The van der Waals surface area contributed by atoms with Crippen molar-refractivity contribution in [3.63, 3.8) is 0 Å². The number of ether oxygens (including phenoxy) is 1. The maximum absolute atomic E-state index is 14.0. The highest BCUT2D eigenvalue weighted by Gasteiger charge is 2.35. The number of carboxylic acids is 1. The van der Waals surface area contributed by atoms with Crippen molar-refractivity contribution in [3.8, 4) is 5.75 Å². The number of rotatable bonds is 5. The lowest BCUT2D eigenvalue weighted by Gasteiger charge is -2.37. The number of aromatic nitrogens is 1. The molecule has 0 radical (unpaired) electrons. The van der Waals surface area contributed by atoms with Crippen LogP contribution < -0.4 is 4.74 Å². The van der Waals surface area contributed by atoms with E-state index in [1.54, 1.807) is 12.1 Å². The smallest absolute Gasteiger partial charge is 0.417 e. The highest BCUT2D eigenvalue weighted by molar-refractivity contribution is 5.84. The van der Waals surface area contributed by atoms with Gasteiger partial charge in [0.2, 0.25) is 0 Å². The molecule has 4 rings (SSSR count). The third-order valence-corrected chi connectivity index (χ3v) is 7.35. The van der Waals surface area contributed by atoms with E-state index in [9.17, 15) is 23.1 Å². The van der Waals surface area contributed by atoms with E-state index in [1.807, 2.05) is 4.90 Å². The molecule has 2 fully saturated rings. The van der Waals surface area contributed by atoms with Crippen LogP contribution in [0.3, 0.4) is 0 Å². The number of hydrogen-bond donors (Lipinski definition) is 1. The summed E-state index contributed by atoms with van der Waals surface area (Å²) in [4.78, 5) is 17.5. The van der Waals surface area contributed by atoms with Gasteiger partial charge in [-0.1, -0.05) is 20.8 Å². The Kier molecular flexibility index (Phi) is 6.82. The molecular formula is C26H33F3N2O3. The quantitative estimate of drug-likeness (QED) is 0.559. The minimum absolute atomic E-state index is 0.00923. The second-order valence-corrected chi connectivity index (χ2v) is 10.9. The first-order valence-corrected chi connectivity index (χ1v) is 12.0. The predicted octanol–water partition coefficient (Wildman–Crippen LogP) is 6.14. The normalized spacial score (nSPS) is 24.5. The Morgan fingerprint density at radius 2 is 1.82 bits per heavy atom. The molecule has 8 heteroatoms. The zero-order valence-corrected chi connectivity index (χ0v) is 20.0. The Morgan fingerprint density at radius 1 is 1.12 bits per heavy atom. The molecule has 5 nitrogen and oxygen atoms in total. The molecule has 1 aromatic heterocycles. The Morgan fingerprint density at radius 3 is 2.41 bits per heavy atom. The van der Waals surface area contributed by atoms with Gasteiger partial charge in [0, 0.05) is 18.5 Å². The van der Waals surface area contributed by atoms with Crippen LogP contribution in [0.2, 0.25) is 0 Å². The summed E-state index contributed by atoms with van der Waals surface area (Å²) in [6.45, 7) is 7.78. The topological polar surface area (TPSA) is 62.7 Å². The lowest BCUT2D eigenvalue weighted by molar-refractivity contribution is -0.141. The molecule has 2 heterocycles. The molecule has 1 aliphatic carbocycles. The van der Waals surface area contributed by atoms with E-state index < -0.39 is 23.6 Å². The van der Waals surface area contributed by atoms with Crippen molar-refractivity contribution in [3.05, 3.63) is 35.5 Å². The average molecular weight is 479 g/mol. The minimum atomic E-state index is -4.53. The number of alkyl halides is 3. The van der Waals surface area contributed by atoms with Crippen molar-refractivity contribution in [2.45, 2.75) is 71.7 Å². The number of carbonyl (C=O) groups is 1. The van der Waals surface area contributed by atoms with Crippen LogP contribution in [0.15, 0.2) is 24.3 Å². The van der Waals surface area contributed by atoms with Gasteiger partial charge in [0.05, 0.1) is 28.8 Å². The summed E-state index contributed by atoms with van der Waals surface area (Å²) in [7, 11) is 0. The van der Waals surface area contributed by atoms with Crippen LogP contribution in [-0.4, -0.2) is 40.2 Å². The number of benzene rings is 1. The van der Waals surface area contributed by atoms with E-state index in [0.29, 0.717) is 36.9 Å². The monoisotopic (exact) mass is 478 g/mol. The summed E-state index contributed by atoms with van der Waals surface area (Å²) in [5.74, 6) is -0.287. The summed E-state index contributed by atoms with van der Waals surface area (Å²) in [5, 5.41) is 9.21. The summed E-state index contributed by atoms with van der Waals surface area (Å²) >= 11 is 0. The first-order chi connectivity index (χ1) is 15.9. The molecule has 1 atom stereocenters. The van der Waals surface area contributed by atoms with Crippen LogP contribution in [0.1, 0.15) is 64.1 Å². The van der Waals surface area contributed by atoms with Crippen LogP contribution >= 0.6 is 0 Å². The highest BCUT2D eigenvalue weighted by Crippen LogP contribution is 2.40. The van der Waals surface area contributed by atoms with Crippen molar-refractivity contribution in [2.24, 2.45) is 17.3 Å². The lowest BCUT2D eigenvalue weighted by Crippen LogP contribution is -2.30. The molecule has 1 unspecified atom stereocenters. The maximum atomic E-state index is 14.0. The van der Waals surface area contributed by atoms with Crippen LogP contribution in [0.5, 0.6) is 5.75 Å². The third kappa shape index (κ3) is 5.65. The standard InChI is InChI=1S/C26H33F3N2O3/c1-25(2,3)17-4-6-19(7-5-17)34-20-8-9-23-21(13-20)22(26(27,28)29)12-18(30-23)15-31-11-10-16(14-31)24(32)33/h8-9,12-13,16-17,19H,4-7,10-11,14-15H2,1-3H3,(H,32,33). The Balaban J connectivity index is 1.53. The number of hydrogen-bond acceptors (Lipinski definition) is 4. The number of fused-ring (bicyclic) bond motifs is 1. The number of pyridine rings is 1. The zero-order valence-electron chi connectivity index (χ0n) is 20.0. The number of likely N-dealkylation sites (tertiary alicyclic amines) is 1. The SMILES string of the molecule is CC(C)(C)C1CCC(Oc2ccc3nc(CN4CCC(C(=O)O)C4)cc(C(F)(F)F)c3c2)CC1. The molecule has 34 heavy (non-hydrogen) atoms. The number of aliphatic carboxylic acids is 1. The number of carboxylic acid groups (broad SMARTS) is 1. The summed E-state index contributed by atoms with van der Waals surface area (Å²) in [5.41, 5.74) is 0.0775. The van der Waals surface area contributed by atoms with E-state index in [4.69, 9.17) is 4.74 Å². The van der Waals surface area contributed by atoms with Gasteiger partial charge in [-0.05, 0) is 74.2 Å². The summed E-state index contributed by atoms with van der Waals surface area (Å²) in [6, 6.07) is 5.84. The molecule has 1 saturated heterocycles. The van der Waals surface area contributed by atoms with Crippen LogP contribution in [-0.2, 0) is 17.5 Å². The molecule has 1 N–H and O–H groups in total. The molecule has 2 aromatic rings. The fraction of sp³-hybridized carbons (Fsp3) is 0.615. The van der Waals surface area contributed by atoms with Crippen molar-refractivity contribution in [2.75, 3.05) is 13.1 Å². The zero-order chi connectivity index (χ0) is 24.7. The molecule has 0 bridgehead atoms. The molecule has 0 spiro atoms. The summed E-state index contributed by atoms with van der Waals surface area (Å²) < 4.78 is 48.0. The molecule has 1 saturated carbocycles. The largest absolute Gasteiger partial charge is 0.490 e. The van der Waals surface area contributed by atoms with Gasteiger partial charge in [-0.3, -0.25) is 14.7 Å². The fourth-order valence-corrected chi connectivity index (χ4v) is 5.29. The van der Waals surface area contributed by atoms with Crippen molar-refractivity contribution in [1.29, 1.82) is 0 Å². The first kappa shape index (κ1) is 24.8. The second-order valence-electron chi connectivity index (χ2n) is 10.9. The second kappa shape index (κ2) is 9.36. The molecule has 2 aliphatic rings. The Labute approximate surface area is 198 Å². The van der Waals surface area contributed by atoms with E-state index in [-0.39, 0.29) is 29.0 Å². The molecule has 1 aromatic carbocycles. The van der Waals surface area contributed by atoms with Gasteiger partial charge in [-0.15, -0.1) is 0 Å². The van der Waals surface area contributed by atoms with Crippen molar-refractivity contribution < 1.29 is 27.8 Å². The van der Waals surface area contributed by atoms with Gasteiger partial charge in [0.1, 0.15) is 5.75 Å². The van der Waals surface area contributed by atoms with E-state index in [2.05, 4.69) is 25.8 Å². The van der Waals surface area contributed by atoms with Crippen LogP contribution in [0, 0.1) is 17.3 Å². The fourth-order valence-electron chi connectivity index (χ4n) is 5.29. The molecule has 186 valence electrons. The van der Waals surface area contributed by atoms with Gasteiger partial charge in [-0.2, -0.15) is 13.2 Å². The Hall–Kier alpha value is -2.35. The van der Waals surface area contributed by atoms with Gasteiger partial charge < -0.3 is 9.84 Å². The maximum Gasteiger partial charge on any atom is 0.417 e. The summed E-state index contributed by atoms with van der Waals surface area (Å²) in [6.07, 6.45) is -0.122. The van der Waals surface area contributed by atoms with Crippen molar-refractivity contribution >= 4 is 16.9 Å². The third-order valence-electron chi connectivity index (χ3n) is 7.35. The average Bonchev–Trinajstić information content (AvgIpc) is 3.21. The van der Waals surface area contributed by atoms with E-state index in [1.165, 1.54) is 6.07 Å². The van der Waals surface area contributed by atoms with Gasteiger partial charge >= 0.3 is 12.1 Å². The molecule has 1 aliphatic heterocycles.